The van der Waals surface area contributed by atoms with Crippen molar-refractivity contribution in [3.05, 3.63) is 29.8 Å². The third-order valence-corrected chi connectivity index (χ3v) is 2.89. The van der Waals surface area contributed by atoms with Gasteiger partial charge in [-0.3, -0.25) is 0 Å². The molecular formula is C15H22BNO6. The van der Waals surface area contributed by atoms with Gasteiger partial charge in [-0.1, -0.05) is 24.3 Å². The summed E-state index contributed by atoms with van der Waals surface area (Å²) < 4.78 is 9.82. The SMILES string of the molecule is COC(=O)[C@@H](Cc1ccc(B(O)O)cc1)NC(=O)OC(C)(C)C. The fraction of sp³-hybridized carbons (Fsp3) is 0.467. The monoisotopic (exact) mass is 323 g/mol. The molecule has 8 heteroatoms. The summed E-state index contributed by atoms with van der Waals surface area (Å²) >= 11 is 0. The van der Waals surface area contributed by atoms with Crippen LogP contribution in [0.1, 0.15) is 26.3 Å². The Balaban J connectivity index is 2.78. The number of esters is 1. The Labute approximate surface area is 135 Å². The first-order valence-electron chi connectivity index (χ1n) is 7.14. The van der Waals surface area contributed by atoms with Crippen molar-refractivity contribution in [2.75, 3.05) is 7.11 Å². The molecule has 1 rings (SSSR count). The van der Waals surface area contributed by atoms with Crippen LogP contribution in [-0.4, -0.2) is 48.0 Å². The first kappa shape index (κ1) is 19.0. The lowest BCUT2D eigenvalue weighted by molar-refractivity contribution is -0.143. The Bertz CT molecular complexity index is 538. The lowest BCUT2D eigenvalue weighted by atomic mass is 9.80. The summed E-state index contributed by atoms with van der Waals surface area (Å²) in [7, 11) is -0.322. The van der Waals surface area contributed by atoms with Crippen LogP contribution in [0.15, 0.2) is 24.3 Å². The molecule has 1 aromatic rings. The first-order chi connectivity index (χ1) is 10.6. The van der Waals surface area contributed by atoms with Crippen molar-refractivity contribution in [3.8, 4) is 0 Å². The molecule has 23 heavy (non-hydrogen) atoms. The zero-order valence-corrected chi connectivity index (χ0v) is 13.7. The highest BCUT2D eigenvalue weighted by molar-refractivity contribution is 6.58. The van der Waals surface area contributed by atoms with Crippen molar-refractivity contribution < 1.29 is 29.1 Å². The number of carbonyl (C=O) groups excluding carboxylic acids is 2. The van der Waals surface area contributed by atoms with E-state index < -0.39 is 30.8 Å². The molecule has 1 atom stereocenters. The van der Waals surface area contributed by atoms with Gasteiger partial charge in [-0.15, -0.1) is 0 Å². The number of hydrogen-bond acceptors (Lipinski definition) is 6. The van der Waals surface area contributed by atoms with Crippen LogP contribution in [-0.2, 0) is 20.7 Å². The van der Waals surface area contributed by atoms with Crippen molar-refractivity contribution >= 4 is 24.6 Å². The van der Waals surface area contributed by atoms with E-state index in [4.69, 9.17) is 14.8 Å². The highest BCUT2D eigenvalue weighted by Crippen LogP contribution is 2.09. The highest BCUT2D eigenvalue weighted by atomic mass is 16.6. The second-order valence-electron chi connectivity index (χ2n) is 6.04. The minimum absolute atomic E-state index is 0.188. The Morgan fingerprint density at radius 3 is 2.22 bits per heavy atom. The summed E-state index contributed by atoms with van der Waals surface area (Å²) in [6.45, 7) is 5.16. The molecule has 1 amide bonds. The molecule has 0 spiro atoms. The molecule has 0 aliphatic rings. The average Bonchev–Trinajstić information content (AvgIpc) is 2.44. The number of ether oxygens (including phenoxy) is 2. The Hall–Kier alpha value is -2.06. The molecule has 0 aliphatic carbocycles. The molecular weight excluding hydrogens is 301 g/mol. The van der Waals surface area contributed by atoms with Crippen LogP contribution < -0.4 is 10.8 Å². The van der Waals surface area contributed by atoms with Crippen LogP contribution in [0.25, 0.3) is 0 Å². The Morgan fingerprint density at radius 1 is 1.22 bits per heavy atom. The topological polar surface area (TPSA) is 105 Å². The van der Waals surface area contributed by atoms with Crippen molar-refractivity contribution in [2.45, 2.75) is 38.8 Å². The Kier molecular flexibility index (Phi) is 6.59. The van der Waals surface area contributed by atoms with Crippen LogP contribution in [0.2, 0.25) is 0 Å². The van der Waals surface area contributed by atoms with E-state index in [0.717, 1.165) is 5.56 Å². The molecule has 7 nitrogen and oxygen atoms in total. The van der Waals surface area contributed by atoms with E-state index in [9.17, 15) is 9.59 Å². The van der Waals surface area contributed by atoms with Crippen molar-refractivity contribution in [1.82, 2.24) is 5.32 Å². The molecule has 0 saturated heterocycles. The van der Waals surface area contributed by atoms with Crippen LogP contribution >= 0.6 is 0 Å². The van der Waals surface area contributed by atoms with E-state index in [-0.39, 0.29) is 6.42 Å². The van der Waals surface area contributed by atoms with E-state index in [2.05, 4.69) is 10.1 Å². The average molecular weight is 323 g/mol. The summed E-state index contributed by atoms with van der Waals surface area (Å²) in [5.74, 6) is -0.595. The summed E-state index contributed by atoms with van der Waals surface area (Å²) in [6, 6.07) is 5.44. The second-order valence-corrected chi connectivity index (χ2v) is 6.04. The molecule has 0 aliphatic heterocycles. The summed E-state index contributed by atoms with van der Waals surface area (Å²) in [5.41, 5.74) is 0.383. The van der Waals surface area contributed by atoms with Gasteiger partial charge in [-0.25, -0.2) is 9.59 Å². The minimum atomic E-state index is -1.56. The maximum atomic E-state index is 11.8. The van der Waals surface area contributed by atoms with Gasteiger partial charge in [0.25, 0.3) is 0 Å². The van der Waals surface area contributed by atoms with E-state index in [1.807, 2.05) is 0 Å². The lowest BCUT2D eigenvalue weighted by Crippen LogP contribution is -2.45. The summed E-state index contributed by atoms with van der Waals surface area (Å²) in [5, 5.41) is 20.6. The number of methoxy groups -OCH3 is 1. The van der Waals surface area contributed by atoms with E-state index in [1.165, 1.54) is 19.2 Å². The highest BCUT2D eigenvalue weighted by Gasteiger charge is 2.25. The van der Waals surface area contributed by atoms with Gasteiger partial charge in [-0.05, 0) is 31.8 Å². The number of amides is 1. The fourth-order valence-electron chi connectivity index (χ4n) is 1.85. The van der Waals surface area contributed by atoms with Crippen molar-refractivity contribution in [1.29, 1.82) is 0 Å². The maximum absolute atomic E-state index is 11.8. The van der Waals surface area contributed by atoms with Crippen LogP contribution in [0.4, 0.5) is 4.79 Å². The molecule has 0 unspecified atom stereocenters. The molecule has 1 aromatic carbocycles. The molecule has 0 heterocycles. The largest absolute Gasteiger partial charge is 0.488 e. The van der Waals surface area contributed by atoms with Gasteiger partial charge in [-0.2, -0.15) is 0 Å². The predicted octanol–water partition coefficient (Wildman–Crippen LogP) is -0.0248. The van der Waals surface area contributed by atoms with Crippen LogP contribution in [0.3, 0.4) is 0 Å². The minimum Gasteiger partial charge on any atom is -0.467 e. The summed E-state index contributed by atoms with van der Waals surface area (Å²) in [4.78, 5) is 23.6. The quantitative estimate of drug-likeness (QED) is 0.519. The van der Waals surface area contributed by atoms with E-state index in [1.54, 1.807) is 32.9 Å². The van der Waals surface area contributed by atoms with Gasteiger partial charge >= 0.3 is 19.2 Å². The molecule has 126 valence electrons. The predicted molar refractivity (Wildman–Crippen MR) is 85.1 cm³/mol. The number of carbonyl (C=O) groups is 2. The van der Waals surface area contributed by atoms with Gasteiger partial charge < -0.3 is 24.8 Å². The maximum Gasteiger partial charge on any atom is 0.488 e. The third-order valence-electron chi connectivity index (χ3n) is 2.89. The van der Waals surface area contributed by atoms with Gasteiger partial charge in [0.1, 0.15) is 11.6 Å². The number of alkyl carbamates (subject to hydrolysis) is 1. The van der Waals surface area contributed by atoms with Gasteiger partial charge in [0.15, 0.2) is 0 Å². The summed E-state index contributed by atoms with van der Waals surface area (Å²) in [6.07, 6.45) is -0.524. The third kappa shape index (κ3) is 6.71. The lowest BCUT2D eigenvalue weighted by Gasteiger charge is -2.22. The number of rotatable bonds is 5. The van der Waals surface area contributed by atoms with E-state index in [0.29, 0.717) is 5.46 Å². The van der Waals surface area contributed by atoms with Crippen molar-refractivity contribution in [3.63, 3.8) is 0 Å². The molecule has 0 radical (unpaired) electrons. The second kappa shape index (κ2) is 7.98. The Morgan fingerprint density at radius 2 is 1.78 bits per heavy atom. The standard InChI is InChI=1S/C15H22BNO6/c1-15(2,3)23-14(19)17-12(13(18)22-4)9-10-5-7-11(8-6-10)16(20)21/h5-8,12,20-21H,9H2,1-4H3,(H,17,19)/t12-/m1/s1. The molecule has 0 bridgehead atoms. The van der Waals surface area contributed by atoms with Crippen LogP contribution in [0, 0.1) is 0 Å². The van der Waals surface area contributed by atoms with Gasteiger partial charge in [0, 0.05) is 6.42 Å². The van der Waals surface area contributed by atoms with Gasteiger partial charge in [0.2, 0.25) is 0 Å². The smallest absolute Gasteiger partial charge is 0.467 e. The molecule has 0 aromatic heterocycles. The normalized spacial score (nSPS) is 12.3. The molecule has 3 N–H and O–H groups in total. The van der Waals surface area contributed by atoms with Crippen molar-refractivity contribution in [2.24, 2.45) is 0 Å². The zero-order chi connectivity index (χ0) is 17.6. The van der Waals surface area contributed by atoms with E-state index >= 15 is 0 Å². The van der Waals surface area contributed by atoms with Crippen LogP contribution in [0.5, 0.6) is 0 Å². The number of nitrogens with one attached hydrogen (secondary N) is 1. The number of hydrogen-bond donors (Lipinski definition) is 3. The fourth-order valence-corrected chi connectivity index (χ4v) is 1.85. The first-order valence-corrected chi connectivity index (χ1v) is 7.14. The van der Waals surface area contributed by atoms with Gasteiger partial charge in [0.05, 0.1) is 7.11 Å². The zero-order valence-electron chi connectivity index (χ0n) is 13.7. The molecule has 0 saturated carbocycles. The molecule has 0 fully saturated rings. The number of benzene rings is 1.